The fourth-order valence-corrected chi connectivity index (χ4v) is 6.08. The van der Waals surface area contributed by atoms with Crippen molar-refractivity contribution in [2.75, 3.05) is 4.90 Å². The van der Waals surface area contributed by atoms with Gasteiger partial charge in [-0.3, -0.25) is 9.59 Å². The Labute approximate surface area is 200 Å². The number of nitrogens with zero attached hydrogens (tertiary/aromatic N) is 1. The SMILES string of the molecule is O=C(NC1CCCC1)c1ccc2c(c1)N(Cc1cccc(Cl)c1)C(=O)c1ccccc1[S@@]2=O. The van der Waals surface area contributed by atoms with Crippen molar-refractivity contribution < 1.29 is 13.8 Å². The van der Waals surface area contributed by atoms with Gasteiger partial charge < -0.3 is 10.2 Å². The number of anilines is 1. The van der Waals surface area contributed by atoms with Gasteiger partial charge in [-0.2, -0.15) is 0 Å². The number of carbonyl (C=O) groups excluding carboxylic acids is 2. The molecule has 0 unspecified atom stereocenters. The highest BCUT2D eigenvalue weighted by molar-refractivity contribution is 7.85. The van der Waals surface area contributed by atoms with Gasteiger partial charge in [0.15, 0.2) is 0 Å². The zero-order chi connectivity index (χ0) is 22.9. The molecule has 0 aromatic heterocycles. The van der Waals surface area contributed by atoms with E-state index >= 15 is 0 Å². The summed E-state index contributed by atoms with van der Waals surface area (Å²) in [5.41, 5.74) is 2.17. The third-order valence-electron chi connectivity index (χ3n) is 6.19. The lowest BCUT2D eigenvalue weighted by molar-refractivity contribution is 0.0935. The molecule has 2 amide bonds. The van der Waals surface area contributed by atoms with Gasteiger partial charge in [-0.1, -0.05) is 48.7 Å². The van der Waals surface area contributed by atoms with Crippen LogP contribution in [-0.4, -0.2) is 22.1 Å². The first-order chi connectivity index (χ1) is 16.0. The first-order valence-corrected chi connectivity index (χ1v) is 12.6. The van der Waals surface area contributed by atoms with E-state index in [9.17, 15) is 13.8 Å². The van der Waals surface area contributed by atoms with Gasteiger partial charge in [0.05, 0.1) is 38.4 Å². The first-order valence-electron chi connectivity index (χ1n) is 11.0. The third kappa shape index (κ3) is 4.33. The minimum absolute atomic E-state index is 0.174. The van der Waals surface area contributed by atoms with Crippen LogP contribution in [-0.2, 0) is 17.3 Å². The molecule has 1 fully saturated rings. The van der Waals surface area contributed by atoms with Crippen LogP contribution in [0.1, 0.15) is 52.0 Å². The molecule has 0 bridgehead atoms. The maximum absolute atomic E-state index is 13.7. The Balaban J connectivity index is 1.59. The molecule has 0 saturated heterocycles. The summed E-state index contributed by atoms with van der Waals surface area (Å²) >= 11 is 6.18. The van der Waals surface area contributed by atoms with E-state index < -0.39 is 10.8 Å². The standard InChI is InChI=1S/C26H23ClN2O3S/c27-19-7-5-6-17(14-19)16-29-22-15-18(25(30)28-20-8-1-2-9-20)12-13-24(22)33(32)23-11-4-3-10-21(23)26(29)31/h3-7,10-15,20H,1-2,8-9,16H2,(H,28,30)/t33-/m0/s1. The average molecular weight is 479 g/mol. The molecule has 1 N–H and O–H groups in total. The lowest BCUT2D eigenvalue weighted by Gasteiger charge is -2.24. The van der Waals surface area contributed by atoms with E-state index in [0.717, 1.165) is 31.2 Å². The van der Waals surface area contributed by atoms with Crippen LogP contribution in [0, 0.1) is 0 Å². The number of amides is 2. The molecule has 3 aromatic carbocycles. The lowest BCUT2D eigenvalue weighted by atomic mass is 10.1. The first kappa shape index (κ1) is 21.9. The Kier molecular flexibility index (Phi) is 6.04. The molecule has 168 valence electrons. The predicted octanol–water partition coefficient (Wildman–Crippen LogP) is 5.34. The second kappa shape index (κ2) is 9.12. The molecule has 7 heteroatoms. The monoisotopic (exact) mass is 478 g/mol. The summed E-state index contributed by atoms with van der Waals surface area (Å²) < 4.78 is 13.5. The van der Waals surface area contributed by atoms with Gasteiger partial charge in [-0.05, 0) is 60.9 Å². The van der Waals surface area contributed by atoms with Gasteiger partial charge in [0.2, 0.25) is 0 Å². The van der Waals surface area contributed by atoms with E-state index in [4.69, 9.17) is 11.6 Å². The summed E-state index contributed by atoms with van der Waals surface area (Å²) in [4.78, 5) is 29.2. The third-order valence-corrected chi connectivity index (χ3v) is 7.93. The number of nitrogens with one attached hydrogen (secondary N) is 1. The van der Waals surface area contributed by atoms with Crippen LogP contribution in [0.4, 0.5) is 5.69 Å². The Hall–Kier alpha value is -2.96. The number of hydrogen-bond donors (Lipinski definition) is 1. The van der Waals surface area contributed by atoms with Crippen LogP contribution in [0.15, 0.2) is 76.5 Å². The Morgan fingerprint density at radius 2 is 1.79 bits per heavy atom. The van der Waals surface area contributed by atoms with Crippen molar-refractivity contribution in [3.8, 4) is 0 Å². The van der Waals surface area contributed by atoms with Crippen molar-refractivity contribution in [3.05, 3.63) is 88.4 Å². The summed E-state index contributed by atoms with van der Waals surface area (Å²) in [5, 5.41) is 3.67. The van der Waals surface area contributed by atoms with Crippen LogP contribution in [0.5, 0.6) is 0 Å². The fraction of sp³-hybridized carbons (Fsp3) is 0.231. The molecule has 5 rings (SSSR count). The van der Waals surface area contributed by atoms with E-state index in [2.05, 4.69) is 5.32 Å². The molecular weight excluding hydrogens is 456 g/mol. The second-order valence-corrected chi connectivity index (χ2v) is 10.3. The molecule has 0 radical (unpaired) electrons. The van der Waals surface area contributed by atoms with Gasteiger partial charge in [0, 0.05) is 16.6 Å². The number of halogens is 1. The van der Waals surface area contributed by atoms with Crippen LogP contribution in [0.2, 0.25) is 5.02 Å². The largest absolute Gasteiger partial charge is 0.349 e. The van der Waals surface area contributed by atoms with Crippen LogP contribution in [0.25, 0.3) is 0 Å². The summed E-state index contributed by atoms with van der Waals surface area (Å²) in [6, 6.07) is 19.5. The van der Waals surface area contributed by atoms with Gasteiger partial charge in [-0.25, -0.2) is 4.21 Å². The molecular formula is C26H23ClN2O3S. The average Bonchev–Trinajstić information content (AvgIpc) is 3.32. The topological polar surface area (TPSA) is 66.5 Å². The Bertz CT molecular complexity index is 1270. The molecule has 1 aliphatic carbocycles. The minimum Gasteiger partial charge on any atom is -0.349 e. The van der Waals surface area contributed by atoms with E-state index in [1.54, 1.807) is 59.5 Å². The smallest absolute Gasteiger partial charge is 0.259 e. The molecule has 3 aromatic rings. The Morgan fingerprint density at radius 3 is 2.58 bits per heavy atom. The molecule has 2 aliphatic rings. The van der Waals surface area contributed by atoms with Crippen molar-refractivity contribution in [2.45, 2.75) is 48.1 Å². The van der Waals surface area contributed by atoms with Crippen LogP contribution < -0.4 is 10.2 Å². The van der Waals surface area contributed by atoms with Crippen molar-refractivity contribution in [3.63, 3.8) is 0 Å². The number of benzene rings is 3. The molecule has 1 saturated carbocycles. The molecule has 0 spiro atoms. The van der Waals surface area contributed by atoms with Crippen LogP contribution in [0.3, 0.4) is 0 Å². The van der Waals surface area contributed by atoms with E-state index in [-0.39, 0.29) is 24.4 Å². The van der Waals surface area contributed by atoms with Gasteiger partial charge in [0.1, 0.15) is 0 Å². The van der Waals surface area contributed by atoms with Gasteiger partial charge in [-0.15, -0.1) is 0 Å². The van der Waals surface area contributed by atoms with Crippen molar-refractivity contribution >= 4 is 39.9 Å². The normalized spacial score (nSPS) is 17.9. The summed E-state index contributed by atoms with van der Waals surface area (Å²) in [7, 11) is -1.56. The zero-order valence-corrected chi connectivity index (χ0v) is 19.5. The molecule has 33 heavy (non-hydrogen) atoms. The van der Waals surface area contributed by atoms with E-state index in [1.165, 1.54) is 0 Å². The number of fused-ring (bicyclic) bond motifs is 2. The number of rotatable bonds is 4. The predicted molar refractivity (Wildman–Crippen MR) is 129 cm³/mol. The number of hydrogen-bond acceptors (Lipinski definition) is 3. The lowest BCUT2D eigenvalue weighted by Crippen LogP contribution is -2.33. The van der Waals surface area contributed by atoms with Gasteiger partial charge in [0.25, 0.3) is 11.8 Å². The fourth-order valence-electron chi connectivity index (χ4n) is 4.52. The van der Waals surface area contributed by atoms with E-state index in [0.29, 0.717) is 31.6 Å². The molecule has 1 aliphatic heterocycles. The van der Waals surface area contributed by atoms with Crippen molar-refractivity contribution in [2.24, 2.45) is 0 Å². The van der Waals surface area contributed by atoms with Crippen molar-refractivity contribution in [1.29, 1.82) is 0 Å². The van der Waals surface area contributed by atoms with E-state index in [1.807, 2.05) is 12.1 Å². The highest BCUT2D eigenvalue weighted by atomic mass is 35.5. The zero-order valence-electron chi connectivity index (χ0n) is 17.9. The summed E-state index contributed by atoms with van der Waals surface area (Å²) in [5.74, 6) is -0.432. The minimum atomic E-state index is -1.56. The summed E-state index contributed by atoms with van der Waals surface area (Å²) in [6.45, 7) is 0.242. The second-order valence-electron chi connectivity index (χ2n) is 8.42. The maximum Gasteiger partial charge on any atom is 0.259 e. The highest BCUT2D eigenvalue weighted by Gasteiger charge is 2.32. The molecule has 5 nitrogen and oxygen atoms in total. The molecule has 1 atom stereocenters. The quantitative estimate of drug-likeness (QED) is 0.550. The highest BCUT2D eigenvalue weighted by Crippen LogP contribution is 2.36. The maximum atomic E-state index is 13.7. The number of carbonyl (C=O) groups is 2. The Morgan fingerprint density at radius 1 is 1.00 bits per heavy atom. The van der Waals surface area contributed by atoms with Crippen molar-refractivity contribution in [1.82, 2.24) is 5.32 Å². The summed E-state index contributed by atoms with van der Waals surface area (Å²) in [6.07, 6.45) is 4.20. The molecule has 1 heterocycles. The van der Waals surface area contributed by atoms with Crippen LogP contribution >= 0.6 is 11.6 Å². The van der Waals surface area contributed by atoms with Gasteiger partial charge >= 0.3 is 0 Å².